The van der Waals surface area contributed by atoms with E-state index in [-0.39, 0.29) is 10.6 Å². The van der Waals surface area contributed by atoms with Gasteiger partial charge in [0, 0.05) is 28.9 Å². The molecular weight excluding hydrogens is 382 g/mol. The summed E-state index contributed by atoms with van der Waals surface area (Å²) in [7, 11) is 0. The van der Waals surface area contributed by atoms with Gasteiger partial charge in [0.15, 0.2) is 0 Å². The number of carboxylic acids is 1. The summed E-state index contributed by atoms with van der Waals surface area (Å²) >= 11 is 1.10. The van der Waals surface area contributed by atoms with E-state index in [1.165, 1.54) is 0 Å². The van der Waals surface area contributed by atoms with Crippen LogP contribution in [0.15, 0.2) is 73.1 Å². The molecule has 3 heterocycles. The summed E-state index contributed by atoms with van der Waals surface area (Å²) in [6.07, 6.45) is 3.45. The lowest BCUT2D eigenvalue weighted by atomic mass is 9.99. The van der Waals surface area contributed by atoms with Gasteiger partial charge in [-0.1, -0.05) is 42.5 Å². The van der Waals surface area contributed by atoms with Gasteiger partial charge < -0.3 is 10.8 Å². The Kier molecular flexibility index (Phi) is 4.00. The van der Waals surface area contributed by atoms with Crippen molar-refractivity contribution in [3.8, 4) is 22.4 Å². The molecule has 0 saturated heterocycles. The predicted molar refractivity (Wildman–Crippen MR) is 117 cm³/mol. The molecule has 5 aromatic rings. The molecule has 0 unspecified atom stereocenters. The molecule has 3 N–H and O–H groups in total. The van der Waals surface area contributed by atoms with Crippen molar-refractivity contribution in [2.24, 2.45) is 0 Å². The van der Waals surface area contributed by atoms with Gasteiger partial charge >= 0.3 is 5.97 Å². The molecule has 0 fully saturated rings. The third-order valence-electron chi connectivity index (χ3n) is 4.91. The Labute approximate surface area is 170 Å². The summed E-state index contributed by atoms with van der Waals surface area (Å²) in [6, 6.07) is 20.0. The standard InChI is InChI=1S/C23H15N3O2S/c24-20-19-17(16-6-3-9-25-12-16)11-18(26-22(19)29-21(20)23(27)28)15-8-7-13-4-1-2-5-14(13)10-15/h1-12H,24H2,(H,27,28). The van der Waals surface area contributed by atoms with E-state index >= 15 is 0 Å². The fourth-order valence-electron chi connectivity index (χ4n) is 3.53. The molecule has 29 heavy (non-hydrogen) atoms. The predicted octanol–water partition coefficient (Wildman–Crippen LogP) is 5.46. The maximum absolute atomic E-state index is 11.6. The van der Waals surface area contributed by atoms with Gasteiger partial charge in [0.1, 0.15) is 9.71 Å². The number of carboxylic acid groups (broad SMARTS) is 1. The van der Waals surface area contributed by atoms with Crippen LogP contribution in [0.4, 0.5) is 5.69 Å². The Balaban J connectivity index is 1.81. The second kappa shape index (κ2) is 6.68. The number of benzene rings is 2. The van der Waals surface area contributed by atoms with Gasteiger partial charge in [-0.3, -0.25) is 4.98 Å². The first-order valence-corrected chi connectivity index (χ1v) is 9.79. The number of aromatic nitrogens is 2. The van der Waals surface area contributed by atoms with E-state index in [1.54, 1.807) is 12.4 Å². The molecule has 0 aliphatic carbocycles. The molecule has 0 atom stereocenters. The Morgan fingerprint density at radius 1 is 0.966 bits per heavy atom. The number of hydrogen-bond donors (Lipinski definition) is 2. The van der Waals surface area contributed by atoms with Gasteiger partial charge in [-0.05, 0) is 34.5 Å². The molecule has 2 aromatic carbocycles. The molecule has 0 spiro atoms. The Morgan fingerprint density at radius 3 is 2.55 bits per heavy atom. The lowest BCUT2D eigenvalue weighted by Gasteiger charge is -2.09. The van der Waals surface area contributed by atoms with Crippen molar-refractivity contribution >= 4 is 44.0 Å². The minimum atomic E-state index is -1.05. The third kappa shape index (κ3) is 2.90. The number of fused-ring (bicyclic) bond motifs is 2. The van der Waals surface area contributed by atoms with Crippen LogP contribution in [0.5, 0.6) is 0 Å². The topological polar surface area (TPSA) is 89.1 Å². The molecule has 0 aliphatic heterocycles. The second-order valence-corrected chi connectivity index (χ2v) is 7.69. The van der Waals surface area contributed by atoms with Gasteiger partial charge in [-0.15, -0.1) is 11.3 Å². The normalized spacial score (nSPS) is 11.2. The average molecular weight is 397 g/mol. The first-order chi connectivity index (χ1) is 14.1. The highest BCUT2D eigenvalue weighted by Crippen LogP contribution is 2.41. The van der Waals surface area contributed by atoms with Crippen LogP contribution in [0.1, 0.15) is 9.67 Å². The van der Waals surface area contributed by atoms with Gasteiger partial charge in [0.2, 0.25) is 0 Å². The molecule has 5 nitrogen and oxygen atoms in total. The highest BCUT2D eigenvalue weighted by molar-refractivity contribution is 7.21. The van der Waals surface area contributed by atoms with E-state index in [1.807, 2.05) is 36.4 Å². The maximum Gasteiger partial charge on any atom is 0.348 e. The number of nitrogens with two attached hydrogens (primary N) is 1. The molecule has 0 aliphatic rings. The zero-order valence-corrected chi connectivity index (χ0v) is 16.0. The van der Waals surface area contributed by atoms with Crippen molar-refractivity contribution in [2.45, 2.75) is 0 Å². The smallest absolute Gasteiger partial charge is 0.348 e. The van der Waals surface area contributed by atoms with Crippen LogP contribution in [-0.2, 0) is 0 Å². The highest BCUT2D eigenvalue weighted by atomic mass is 32.1. The van der Waals surface area contributed by atoms with Crippen LogP contribution in [0, 0.1) is 0 Å². The molecule has 0 radical (unpaired) electrons. The SMILES string of the molecule is Nc1c(C(=O)O)sc2nc(-c3ccc4ccccc4c3)cc(-c3cccnc3)c12. The molecule has 0 amide bonds. The fraction of sp³-hybridized carbons (Fsp3) is 0. The van der Waals surface area contributed by atoms with Crippen molar-refractivity contribution in [2.75, 3.05) is 5.73 Å². The molecule has 140 valence electrons. The molecule has 0 saturated carbocycles. The van der Waals surface area contributed by atoms with Crippen molar-refractivity contribution < 1.29 is 9.90 Å². The number of nitrogens with zero attached hydrogens (tertiary/aromatic N) is 2. The Morgan fingerprint density at radius 2 is 1.79 bits per heavy atom. The van der Waals surface area contributed by atoms with Crippen LogP contribution in [0.2, 0.25) is 0 Å². The molecular formula is C23H15N3O2S. The molecule has 6 heteroatoms. The van der Waals surface area contributed by atoms with Crippen LogP contribution >= 0.6 is 11.3 Å². The molecule has 5 rings (SSSR count). The molecule has 0 bridgehead atoms. The quantitative estimate of drug-likeness (QED) is 0.422. The summed E-state index contributed by atoms with van der Waals surface area (Å²) in [5.74, 6) is -1.05. The summed E-state index contributed by atoms with van der Waals surface area (Å²) in [5.41, 5.74) is 9.87. The average Bonchev–Trinajstić information content (AvgIpc) is 3.10. The lowest BCUT2D eigenvalue weighted by molar-refractivity contribution is 0.0703. The Hall–Kier alpha value is -3.77. The number of rotatable bonds is 3. The van der Waals surface area contributed by atoms with Crippen molar-refractivity contribution in [3.05, 3.63) is 77.9 Å². The third-order valence-corrected chi connectivity index (χ3v) is 6.00. The van der Waals surface area contributed by atoms with Crippen molar-refractivity contribution in [1.29, 1.82) is 0 Å². The zero-order chi connectivity index (χ0) is 20.0. The highest BCUT2D eigenvalue weighted by Gasteiger charge is 2.21. The van der Waals surface area contributed by atoms with E-state index in [9.17, 15) is 9.90 Å². The molecule has 3 aromatic heterocycles. The van der Waals surface area contributed by atoms with E-state index in [2.05, 4.69) is 29.2 Å². The number of pyridine rings is 2. The summed E-state index contributed by atoms with van der Waals surface area (Å²) in [6.45, 7) is 0. The zero-order valence-electron chi connectivity index (χ0n) is 15.2. The van der Waals surface area contributed by atoms with Gasteiger partial charge in [0.05, 0.1) is 11.4 Å². The minimum Gasteiger partial charge on any atom is -0.477 e. The van der Waals surface area contributed by atoms with E-state index < -0.39 is 5.97 Å². The van der Waals surface area contributed by atoms with E-state index in [0.717, 1.165) is 44.5 Å². The number of hydrogen-bond acceptors (Lipinski definition) is 5. The Bertz CT molecular complexity index is 1390. The van der Waals surface area contributed by atoms with Crippen LogP contribution < -0.4 is 5.73 Å². The minimum absolute atomic E-state index is 0.105. The lowest BCUT2D eigenvalue weighted by Crippen LogP contribution is -1.97. The van der Waals surface area contributed by atoms with Crippen molar-refractivity contribution in [1.82, 2.24) is 9.97 Å². The van der Waals surface area contributed by atoms with Crippen molar-refractivity contribution in [3.63, 3.8) is 0 Å². The summed E-state index contributed by atoms with van der Waals surface area (Å²) in [5, 5.41) is 12.4. The summed E-state index contributed by atoms with van der Waals surface area (Å²) < 4.78 is 0. The van der Waals surface area contributed by atoms with Crippen LogP contribution in [0.25, 0.3) is 43.4 Å². The van der Waals surface area contributed by atoms with Crippen LogP contribution in [0.3, 0.4) is 0 Å². The number of thiophene rings is 1. The van der Waals surface area contributed by atoms with Gasteiger partial charge in [-0.2, -0.15) is 0 Å². The maximum atomic E-state index is 11.6. The summed E-state index contributed by atoms with van der Waals surface area (Å²) in [4.78, 5) is 21.3. The van der Waals surface area contributed by atoms with E-state index in [4.69, 9.17) is 10.7 Å². The van der Waals surface area contributed by atoms with Gasteiger partial charge in [-0.25, -0.2) is 9.78 Å². The number of anilines is 1. The fourth-order valence-corrected chi connectivity index (χ4v) is 4.48. The number of nitrogen functional groups attached to an aromatic ring is 1. The first-order valence-electron chi connectivity index (χ1n) is 8.98. The number of aromatic carboxylic acids is 1. The second-order valence-electron chi connectivity index (χ2n) is 6.69. The number of carbonyl (C=O) groups is 1. The largest absolute Gasteiger partial charge is 0.477 e. The monoisotopic (exact) mass is 397 g/mol. The van der Waals surface area contributed by atoms with E-state index in [0.29, 0.717) is 10.2 Å². The van der Waals surface area contributed by atoms with Crippen LogP contribution in [-0.4, -0.2) is 21.0 Å². The first kappa shape index (κ1) is 17.3. The van der Waals surface area contributed by atoms with Gasteiger partial charge in [0.25, 0.3) is 0 Å².